The number of carbonyl (C=O) groups is 1. The molecule has 76 valence electrons. The van der Waals surface area contributed by atoms with E-state index in [0.717, 1.165) is 12.0 Å². The normalized spacial score (nSPS) is 12.1. The second-order valence-electron chi connectivity index (χ2n) is 3.19. The van der Waals surface area contributed by atoms with Crippen molar-refractivity contribution in [2.24, 2.45) is 5.92 Å². The molecule has 0 aliphatic heterocycles. The molecule has 1 aromatic carbocycles. The summed E-state index contributed by atoms with van der Waals surface area (Å²) in [4.78, 5) is 11.2. The largest absolute Gasteiger partial charge is 0.347 e. The molecule has 0 saturated carbocycles. The summed E-state index contributed by atoms with van der Waals surface area (Å²) in [5.74, 6) is -0.493. The molecule has 1 rings (SSSR count). The minimum atomic E-state index is -0.349. The van der Waals surface area contributed by atoms with Gasteiger partial charge < -0.3 is 4.29 Å². The van der Waals surface area contributed by atoms with Crippen molar-refractivity contribution in [2.45, 2.75) is 19.8 Å². The zero-order chi connectivity index (χ0) is 10.4. The predicted molar refractivity (Wildman–Crippen MR) is 55.9 cm³/mol. The summed E-state index contributed by atoms with van der Waals surface area (Å²) in [6, 6.07) is 9.83. The third-order valence-electron chi connectivity index (χ3n) is 2.23. The van der Waals surface area contributed by atoms with E-state index in [4.69, 9.17) is 11.9 Å². The van der Waals surface area contributed by atoms with Gasteiger partial charge in [-0.1, -0.05) is 37.3 Å². The maximum atomic E-state index is 11.2. The first-order valence-corrected chi connectivity index (χ1v) is 4.95. The van der Waals surface area contributed by atoms with Crippen molar-refractivity contribution < 1.29 is 9.08 Å². The van der Waals surface area contributed by atoms with Gasteiger partial charge in [0.2, 0.25) is 0 Å². The first-order valence-electron chi connectivity index (χ1n) is 4.64. The lowest BCUT2D eigenvalue weighted by Crippen LogP contribution is -2.16. The monoisotopic (exact) mass is 212 g/mol. The average molecular weight is 213 g/mol. The van der Waals surface area contributed by atoms with Gasteiger partial charge in [-0.05, 0) is 18.4 Å². The quantitative estimate of drug-likeness (QED) is 0.767. The van der Waals surface area contributed by atoms with Gasteiger partial charge in [0.1, 0.15) is 11.9 Å². The predicted octanol–water partition coefficient (Wildman–Crippen LogP) is 2.95. The van der Waals surface area contributed by atoms with Gasteiger partial charge >= 0.3 is 5.97 Å². The van der Waals surface area contributed by atoms with E-state index in [9.17, 15) is 4.79 Å². The number of halogens is 1. The maximum absolute atomic E-state index is 11.2. The first kappa shape index (κ1) is 11.1. The molecule has 3 heteroatoms. The highest BCUT2D eigenvalue weighted by molar-refractivity contribution is 6.13. The summed E-state index contributed by atoms with van der Waals surface area (Å²) in [6.07, 6.45) is 1.42. The van der Waals surface area contributed by atoms with Crippen LogP contribution in [0.1, 0.15) is 18.9 Å². The zero-order valence-electron chi connectivity index (χ0n) is 8.07. The molecule has 0 aliphatic rings. The minimum absolute atomic E-state index is 0.144. The van der Waals surface area contributed by atoms with E-state index in [2.05, 4.69) is 4.29 Å². The molecule has 14 heavy (non-hydrogen) atoms. The van der Waals surface area contributed by atoms with Crippen LogP contribution < -0.4 is 0 Å². The lowest BCUT2D eigenvalue weighted by molar-refractivity contribution is -0.138. The Labute approximate surface area is 89.0 Å². The van der Waals surface area contributed by atoms with Gasteiger partial charge in [0.15, 0.2) is 0 Å². The van der Waals surface area contributed by atoms with Gasteiger partial charge in [-0.3, -0.25) is 4.79 Å². The fourth-order valence-electron chi connectivity index (χ4n) is 1.36. The molecule has 0 heterocycles. The van der Waals surface area contributed by atoms with E-state index in [1.807, 2.05) is 37.3 Å². The van der Waals surface area contributed by atoms with Crippen molar-refractivity contribution in [3.05, 3.63) is 35.9 Å². The fourth-order valence-corrected chi connectivity index (χ4v) is 1.48. The summed E-state index contributed by atoms with van der Waals surface area (Å²) in [5, 5.41) is 0. The van der Waals surface area contributed by atoms with Gasteiger partial charge in [0.05, 0.1) is 5.92 Å². The maximum Gasteiger partial charge on any atom is 0.328 e. The SMILES string of the molecule is CCC(Cc1ccccc1)C(=O)OCl. The standard InChI is InChI=1S/C11H13ClO2/c1-2-10(11(13)14-12)8-9-6-4-3-5-7-9/h3-7,10H,2,8H2,1H3. The van der Waals surface area contributed by atoms with Gasteiger partial charge in [-0.15, -0.1) is 0 Å². The van der Waals surface area contributed by atoms with Crippen LogP contribution in [0.4, 0.5) is 0 Å². The second-order valence-corrected chi connectivity index (χ2v) is 3.35. The molecular weight excluding hydrogens is 200 g/mol. The summed E-state index contributed by atoms with van der Waals surface area (Å²) >= 11 is 5.04. The van der Waals surface area contributed by atoms with E-state index in [1.54, 1.807) is 0 Å². The highest BCUT2D eigenvalue weighted by Gasteiger charge is 2.17. The number of rotatable bonds is 4. The second kappa shape index (κ2) is 5.66. The number of benzene rings is 1. The minimum Gasteiger partial charge on any atom is -0.347 e. The van der Waals surface area contributed by atoms with E-state index in [-0.39, 0.29) is 11.9 Å². The summed E-state index contributed by atoms with van der Waals surface area (Å²) in [5.41, 5.74) is 1.13. The third kappa shape index (κ3) is 3.04. The molecule has 0 fully saturated rings. The molecule has 0 saturated heterocycles. The van der Waals surface area contributed by atoms with Crippen molar-refractivity contribution in [1.29, 1.82) is 0 Å². The molecule has 0 radical (unpaired) electrons. The van der Waals surface area contributed by atoms with Crippen LogP contribution in [0.3, 0.4) is 0 Å². The highest BCUT2D eigenvalue weighted by Crippen LogP contribution is 2.14. The van der Waals surface area contributed by atoms with Crippen molar-refractivity contribution in [3.63, 3.8) is 0 Å². The molecule has 0 aromatic heterocycles. The van der Waals surface area contributed by atoms with Gasteiger partial charge in [-0.25, -0.2) is 0 Å². The number of hydrogen-bond acceptors (Lipinski definition) is 2. The van der Waals surface area contributed by atoms with Crippen LogP contribution in [0.5, 0.6) is 0 Å². The van der Waals surface area contributed by atoms with Gasteiger partial charge in [-0.2, -0.15) is 0 Å². The van der Waals surface area contributed by atoms with Crippen LogP contribution in [0, 0.1) is 5.92 Å². The Kier molecular flexibility index (Phi) is 4.47. The van der Waals surface area contributed by atoms with Crippen molar-refractivity contribution in [2.75, 3.05) is 0 Å². The fraction of sp³-hybridized carbons (Fsp3) is 0.364. The lowest BCUT2D eigenvalue weighted by atomic mass is 9.97. The van der Waals surface area contributed by atoms with Crippen LogP contribution in [-0.2, 0) is 15.5 Å². The molecular formula is C11H13ClO2. The van der Waals surface area contributed by atoms with Crippen LogP contribution in [0.15, 0.2) is 30.3 Å². The van der Waals surface area contributed by atoms with Gasteiger partial charge in [0, 0.05) is 0 Å². The molecule has 0 N–H and O–H groups in total. The molecule has 0 amide bonds. The molecule has 1 atom stereocenters. The van der Waals surface area contributed by atoms with E-state index in [1.165, 1.54) is 0 Å². The number of carbonyl (C=O) groups excluding carboxylic acids is 1. The highest BCUT2D eigenvalue weighted by atomic mass is 35.5. The third-order valence-corrected chi connectivity index (χ3v) is 2.38. The Hall–Kier alpha value is -1.02. The zero-order valence-corrected chi connectivity index (χ0v) is 8.83. The van der Waals surface area contributed by atoms with Crippen LogP contribution in [-0.4, -0.2) is 5.97 Å². The smallest absolute Gasteiger partial charge is 0.328 e. The molecule has 0 aliphatic carbocycles. The Bertz CT molecular complexity index is 285. The van der Waals surface area contributed by atoms with Crippen LogP contribution in [0.2, 0.25) is 0 Å². The van der Waals surface area contributed by atoms with Crippen molar-refractivity contribution >= 4 is 17.8 Å². The van der Waals surface area contributed by atoms with Crippen molar-refractivity contribution in [3.8, 4) is 0 Å². The Morgan fingerprint density at radius 2 is 2.07 bits per heavy atom. The summed E-state index contributed by atoms with van der Waals surface area (Å²) in [6.45, 7) is 1.95. The molecule has 1 unspecified atom stereocenters. The van der Waals surface area contributed by atoms with Gasteiger partial charge in [0.25, 0.3) is 0 Å². The Balaban J connectivity index is 2.62. The van der Waals surface area contributed by atoms with E-state index < -0.39 is 0 Å². The molecule has 0 spiro atoms. The van der Waals surface area contributed by atoms with E-state index >= 15 is 0 Å². The Morgan fingerprint density at radius 3 is 2.57 bits per heavy atom. The van der Waals surface area contributed by atoms with Crippen molar-refractivity contribution in [1.82, 2.24) is 0 Å². The lowest BCUT2D eigenvalue weighted by Gasteiger charge is -2.10. The number of hydrogen-bond donors (Lipinski definition) is 0. The molecule has 0 bridgehead atoms. The van der Waals surface area contributed by atoms with Crippen LogP contribution >= 0.6 is 11.9 Å². The summed E-state index contributed by atoms with van der Waals surface area (Å²) in [7, 11) is 0. The summed E-state index contributed by atoms with van der Waals surface area (Å²) < 4.78 is 4.21. The molecule has 1 aromatic rings. The first-order chi connectivity index (χ1) is 6.77. The Morgan fingerprint density at radius 1 is 1.43 bits per heavy atom. The van der Waals surface area contributed by atoms with E-state index in [0.29, 0.717) is 6.42 Å². The average Bonchev–Trinajstić information content (AvgIpc) is 2.26. The van der Waals surface area contributed by atoms with Crippen LogP contribution in [0.25, 0.3) is 0 Å². The topological polar surface area (TPSA) is 26.3 Å². The molecule has 2 nitrogen and oxygen atoms in total.